The van der Waals surface area contributed by atoms with Gasteiger partial charge in [0.05, 0.1) is 30.4 Å². The van der Waals surface area contributed by atoms with Gasteiger partial charge < -0.3 is 20.1 Å². The lowest BCUT2D eigenvalue weighted by molar-refractivity contribution is -0.137. The van der Waals surface area contributed by atoms with Crippen LogP contribution >= 0.6 is 0 Å². The molecule has 4 rings (SSSR count). The van der Waals surface area contributed by atoms with Crippen molar-refractivity contribution in [3.63, 3.8) is 0 Å². The molecule has 2 N–H and O–H groups in total. The minimum absolute atomic E-state index is 0.0127. The highest BCUT2D eigenvalue weighted by Gasteiger charge is 2.41. The maximum atomic E-state index is 13.3. The number of ether oxygens (including phenoxy) is 2. The monoisotopic (exact) mass is 540 g/mol. The molecular weight excluding hydrogens is 509 g/mol. The molecule has 206 valence electrons. The van der Waals surface area contributed by atoms with Crippen LogP contribution in [-0.4, -0.2) is 32.0 Å². The molecule has 9 heteroatoms. The lowest BCUT2D eigenvalue weighted by atomic mass is 9.80. The fourth-order valence-electron chi connectivity index (χ4n) is 4.68. The van der Waals surface area contributed by atoms with Crippen LogP contribution in [0.25, 0.3) is 0 Å². The maximum Gasteiger partial charge on any atom is 0.418 e. The molecule has 0 radical (unpaired) electrons. The topological polar surface area (TPSA) is 76.7 Å². The molecule has 1 amide bonds. The smallest absolute Gasteiger partial charge is 0.418 e. The number of ketones is 1. The average Bonchev–Trinajstić information content (AvgIpc) is 3.42. The number of hydrogen-bond acceptors (Lipinski definition) is 5. The van der Waals surface area contributed by atoms with E-state index >= 15 is 0 Å². The fourth-order valence-corrected chi connectivity index (χ4v) is 4.68. The molecular formula is C30H31F3N2O4. The van der Waals surface area contributed by atoms with Gasteiger partial charge in [-0.05, 0) is 73.4 Å². The van der Waals surface area contributed by atoms with Crippen LogP contribution in [0.4, 0.5) is 24.5 Å². The number of rotatable bonds is 11. The molecule has 0 saturated carbocycles. The first-order valence-electron chi connectivity index (χ1n) is 12.8. The van der Waals surface area contributed by atoms with Crippen molar-refractivity contribution in [3.05, 3.63) is 89.5 Å². The molecule has 3 aromatic carbocycles. The molecule has 1 fully saturated rings. The number of carbonyl (C=O) groups is 2. The summed E-state index contributed by atoms with van der Waals surface area (Å²) in [5.74, 6) is 0.569. The Hall–Kier alpha value is -3.85. The van der Waals surface area contributed by atoms with Crippen molar-refractivity contribution in [1.82, 2.24) is 5.32 Å². The summed E-state index contributed by atoms with van der Waals surface area (Å²) in [5, 5.41) is 5.79. The van der Waals surface area contributed by atoms with Crippen molar-refractivity contribution in [2.75, 3.05) is 25.6 Å². The van der Waals surface area contributed by atoms with Gasteiger partial charge in [0.15, 0.2) is 5.78 Å². The molecule has 6 nitrogen and oxygen atoms in total. The predicted molar refractivity (Wildman–Crippen MR) is 142 cm³/mol. The van der Waals surface area contributed by atoms with Crippen molar-refractivity contribution >= 4 is 23.1 Å². The lowest BCUT2D eigenvalue weighted by Gasteiger charge is -2.26. The second-order valence-corrected chi connectivity index (χ2v) is 9.64. The zero-order valence-corrected chi connectivity index (χ0v) is 21.6. The quantitative estimate of drug-likeness (QED) is 0.270. The number of benzene rings is 3. The van der Waals surface area contributed by atoms with Gasteiger partial charge in [-0.2, -0.15) is 13.2 Å². The molecule has 3 aromatic rings. The van der Waals surface area contributed by atoms with Crippen molar-refractivity contribution in [2.24, 2.45) is 5.41 Å². The maximum absolute atomic E-state index is 13.3. The summed E-state index contributed by atoms with van der Waals surface area (Å²) in [6.07, 6.45) is -2.47. The van der Waals surface area contributed by atoms with Gasteiger partial charge in [-0.25, -0.2) is 0 Å². The number of carbonyl (C=O) groups excluding carboxylic acids is 2. The van der Waals surface area contributed by atoms with Crippen LogP contribution in [0.15, 0.2) is 72.8 Å². The van der Waals surface area contributed by atoms with Crippen molar-refractivity contribution in [1.29, 1.82) is 0 Å². The Labute approximate surface area is 225 Å². The number of para-hydroxylation sites is 1. The van der Waals surface area contributed by atoms with E-state index in [-0.39, 0.29) is 23.9 Å². The third kappa shape index (κ3) is 7.17. The Morgan fingerprint density at radius 2 is 1.72 bits per heavy atom. The van der Waals surface area contributed by atoms with E-state index in [1.54, 1.807) is 61.7 Å². The van der Waals surface area contributed by atoms with E-state index in [9.17, 15) is 22.8 Å². The molecule has 1 atom stereocenters. The van der Waals surface area contributed by atoms with Gasteiger partial charge in [-0.1, -0.05) is 24.3 Å². The van der Waals surface area contributed by atoms with E-state index in [4.69, 9.17) is 9.47 Å². The molecule has 0 aromatic heterocycles. The summed E-state index contributed by atoms with van der Waals surface area (Å²) in [6.45, 7) is 1.06. The summed E-state index contributed by atoms with van der Waals surface area (Å²) >= 11 is 0. The highest BCUT2D eigenvalue weighted by molar-refractivity contribution is 5.96. The first kappa shape index (κ1) is 28.2. The van der Waals surface area contributed by atoms with Crippen LogP contribution in [0.2, 0.25) is 0 Å². The third-order valence-electron chi connectivity index (χ3n) is 6.97. The number of nitrogens with one attached hydrogen (secondary N) is 2. The zero-order chi connectivity index (χ0) is 27.9. The molecule has 0 aliphatic carbocycles. The summed E-state index contributed by atoms with van der Waals surface area (Å²) in [6, 6.07) is 19.1. The molecule has 39 heavy (non-hydrogen) atoms. The number of Topliss-reactive ketones (excluding diaryl/α,β-unsaturated/α-hetero) is 1. The van der Waals surface area contributed by atoms with E-state index in [1.165, 1.54) is 12.1 Å². The molecule has 1 saturated heterocycles. The van der Waals surface area contributed by atoms with Crippen LogP contribution in [-0.2, 0) is 22.3 Å². The van der Waals surface area contributed by atoms with Gasteiger partial charge in [0.2, 0.25) is 5.91 Å². The SMILES string of the molecule is COc1ccc(C(=O)CCCC2(C(=O)NCc3ccc(Nc4ccccc4C(F)(F)F)cc3)CCOC2)cc1. The van der Waals surface area contributed by atoms with Crippen LogP contribution < -0.4 is 15.4 Å². The van der Waals surface area contributed by atoms with Crippen molar-refractivity contribution < 1.29 is 32.2 Å². The number of anilines is 2. The molecule has 1 aliphatic heterocycles. The third-order valence-corrected chi connectivity index (χ3v) is 6.97. The van der Waals surface area contributed by atoms with Gasteiger partial charge >= 0.3 is 6.18 Å². The first-order valence-corrected chi connectivity index (χ1v) is 12.8. The Morgan fingerprint density at radius 1 is 1.00 bits per heavy atom. The fraction of sp³-hybridized carbons (Fsp3) is 0.333. The number of alkyl halides is 3. The zero-order valence-electron chi connectivity index (χ0n) is 21.6. The van der Waals surface area contributed by atoms with E-state index in [0.717, 1.165) is 11.6 Å². The average molecular weight is 541 g/mol. The highest BCUT2D eigenvalue weighted by Crippen LogP contribution is 2.36. The van der Waals surface area contributed by atoms with Gasteiger partial charge in [0.1, 0.15) is 5.75 Å². The Morgan fingerprint density at radius 3 is 2.36 bits per heavy atom. The number of hydrogen-bond donors (Lipinski definition) is 2. The summed E-state index contributed by atoms with van der Waals surface area (Å²) in [5.41, 5.74) is 0.460. The van der Waals surface area contributed by atoms with Crippen LogP contribution in [0.3, 0.4) is 0 Å². The Kier molecular flexibility index (Phi) is 8.91. The molecule has 1 unspecified atom stereocenters. The molecule has 0 spiro atoms. The Bertz CT molecular complexity index is 1270. The van der Waals surface area contributed by atoms with Crippen molar-refractivity contribution in [2.45, 2.75) is 38.4 Å². The normalized spacial score (nSPS) is 17.0. The van der Waals surface area contributed by atoms with E-state index in [2.05, 4.69) is 10.6 Å². The van der Waals surface area contributed by atoms with Gasteiger partial charge in [0, 0.05) is 30.8 Å². The number of methoxy groups -OCH3 is 1. The van der Waals surface area contributed by atoms with E-state index in [0.29, 0.717) is 55.9 Å². The summed E-state index contributed by atoms with van der Waals surface area (Å²) in [7, 11) is 1.57. The number of halogens is 3. The highest BCUT2D eigenvalue weighted by atomic mass is 19.4. The second kappa shape index (κ2) is 12.3. The van der Waals surface area contributed by atoms with Crippen LogP contribution in [0.5, 0.6) is 5.75 Å². The molecule has 0 bridgehead atoms. The molecule has 1 aliphatic rings. The van der Waals surface area contributed by atoms with Gasteiger partial charge in [-0.3, -0.25) is 9.59 Å². The standard InChI is InChI=1S/C30H31F3N2O4/c1-38-24-14-10-22(11-15-24)27(36)7-4-16-29(17-18-39-20-29)28(37)34-19-21-8-12-23(13-9-21)35-26-6-3-2-5-25(26)30(31,32)33/h2-3,5-6,8-15,35H,4,7,16-20H2,1H3,(H,34,37). The van der Waals surface area contributed by atoms with Crippen LogP contribution in [0, 0.1) is 5.41 Å². The van der Waals surface area contributed by atoms with Crippen molar-refractivity contribution in [3.8, 4) is 5.75 Å². The minimum atomic E-state index is -4.46. The van der Waals surface area contributed by atoms with Crippen LogP contribution in [0.1, 0.15) is 47.2 Å². The Balaban J connectivity index is 1.30. The lowest BCUT2D eigenvalue weighted by Crippen LogP contribution is -2.41. The minimum Gasteiger partial charge on any atom is -0.497 e. The first-order chi connectivity index (χ1) is 18.7. The second-order valence-electron chi connectivity index (χ2n) is 9.64. The number of amides is 1. The van der Waals surface area contributed by atoms with E-state index < -0.39 is 17.2 Å². The largest absolute Gasteiger partial charge is 0.497 e. The van der Waals surface area contributed by atoms with Gasteiger partial charge in [0.25, 0.3) is 0 Å². The summed E-state index contributed by atoms with van der Waals surface area (Å²) in [4.78, 5) is 25.8. The molecule has 1 heterocycles. The summed E-state index contributed by atoms with van der Waals surface area (Å²) < 4.78 is 50.5. The van der Waals surface area contributed by atoms with E-state index in [1.807, 2.05) is 0 Å². The predicted octanol–water partition coefficient (Wildman–Crippen LogP) is 6.53. The van der Waals surface area contributed by atoms with Gasteiger partial charge in [-0.15, -0.1) is 0 Å².